The van der Waals surface area contributed by atoms with E-state index in [-0.39, 0.29) is 17.5 Å². The second kappa shape index (κ2) is 8.00. The number of fused-ring (bicyclic) bond motifs is 4. The number of pyridine rings is 1. The quantitative estimate of drug-likeness (QED) is 0.822. The largest absolute Gasteiger partial charge is 0.381 e. The number of rotatable bonds is 3. The van der Waals surface area contributed by atoms with Gasteiger partial charge < -0.3 is 19.5 Å². The van der Waals surface area contributed by atoms with Gasteiger partial charge in [0.05, 0.1) is 6.61 Å². The van der Waals surface area contributed by atoms with Crippen LogP contribution in [0.1, 0.15) is 49.8 Å². The summed E-state index contributed by atoms with van der Waals surface area (Å²) in [6, 6.07) is 4.22. The third-order valence-corrected chi connectivity index (χ3v) is 7.79. The summed E-state index contributed by atoms with van der Waals surface area (Å²) in [4.78, 5) is 30.0. The zero-order valence-corrected chi connectivity index (χ0v) is 18.1. The van der Waals surface area contributed by atoms with Crippen LogP contribution in [0, 0.1) is 11.3 Å². The maximum absolute atomic E-state index is 13.3. The normalized spacial score (nSPS) is 27.8. The fraction of sp³-hybridized carbons (Fsp3) is 0.739. The minimum Gasteiger partial charge on any atom is -0.381 e. The Bertz CT molecular complexity index is 850. The molecular formula is C23H34N4O3. The highest BCUT2D eigenvalue weighted by Gasteiger charge is 2.39. The third kappa shape index (κ3) is 3.66. The molecule has 2 amide bonds. The van der Waals surface area contributed by atoms with E-state index in [1.54, 1.807) is 0 Å². The maximum atomic E-state index is 13.3. The monoisotopic (exact) mass is 414 g/mol. The molecular weight excluding hydrogens is 380 g/mol. The molecule has 4 aliphatic rings. The molecule has 1 aromatic rings. The lowest BCUT2D eigenvalue weighted by molar-refractivity contribution is 0.0769. The van der Waals surface area contributed by atoms with Gasteiger partial charge in [-0.25, -0.2) is 4.79 Å². The fourth-order valence-corrected chi connectivity index (χ4v) is 6.01. The van der Waals surface area contributed by atoms with Crippen molar-refractivity contribution in [2.45, 2.75) is 51.6 Å². The zero-order chi connectivity index (χ0) is 20.7. The fourth-order valence-electron chi connectivity index (χ4n) is 6.01. The number of carbonyl (C=O) groups is 1. The molecule has 164 valence electrons. The van der Waals surface area contributed by atoms with Gasteiger partial charge in [-0.2, -0.15) is 0 Å². The average molecular weight is 415 g/mol. The molecule has 5 heterocycles. The second-order valence-corrected chi connectivity index (χ2v) is 9.82. The molecule has 3 fully saturated rings. The summed E-state index contributed by atoms with van der Waals surface area (Å²) < 4.78 is 7.66. The predicted octanol–water partition coefficient (Wildman–Crippen LogP) is 2.00. The maximum Gasteiger partial charge on any atom is 0.317 e. The van der Waals surface area contributed by atoms with Crippen LogP contribution in [0.15, 0.2) is 16.9 Å². The van der Waals surface area contributed by atoms with Crippen LogP contribution in [0.25, 0.3) is 0 Å². The van der Waals surface area contributed by atoms with Crippen molar-refractivity contribution < 1.29 is 9.53 Å². The van der Waals surface area contributed by atoms with Crippen LogP contribution in [0.3, 0.4) is 0 Å². The van der Waals surface area contributed by atoms with Gasteiger partial charge in [0.15, 0.2) is 0 Å². The summed E-state index contributed by atoms with van der Waals surface area (Å²) in [5, 5.41) is 2.92. The van der Waals surface area contributed by atoms with Crippen molar-refractivity contribution in [1.29, 1.82) is 0 Å². The Morgan fingerprint density at radius 1 is 1.20 bits per heavy atom. The lowest BCUT2D eigenvalue weighted by Crippen LogP contribution is -2.52. The van der Waals surface area contributed by atoms with Gasteiger partial charge in [0.1, 0.15) is 0 Å². The minimum atomic E-state index is 0.0233. The molecule has 0 radical (unpaired) electrons. The molecule has 1 aromatic heterocycles. The first kappa shape index (κ1) is 20.1. The molecule has 30 heavy (non-hydrogen) atoms. The van der Waals surface area contributed by atoms with Crippen molar-refractivity contribution in [3.63, 3.8) is 0 Å². The van der Waals surface area contributed by atoms with Crippen LogP contribution in [0.5, 0.6) is 0 Å². The molecule has 0 aliphatic carbocycles. The summed E-state index contributed by atoms with van der Waals surface area (Å²) >= 11 is 0. The van der Waals surface area contributed by atoms with E-state index in [2.05, 4.69) is 16.3 Å². The summed E-state index contributed by atoms with van der Waals surface area (Å²) in [5.74, 6) is 0.628. The first-order chi connectivity index (χ1) is 14.6. The highest BCUT2D eigenvalue weighted by molar-refractivity contribution is 5.74. The van der Waals surface area contributed by atoms with Gasteiger partial charge in [0, 0.05) is 56.5 Å². The Labute approximate surface area is 178 Å². The van der Waals surface area contributed by atoms with Gasteiger partial charge >= 0.3 is 6.03 Å². The molecule has 1 spiro atoms. The lowest BCUT2D eigenvalue weighted by atomic mass is 9.78. The van der Waals surface area contributed by atoms with E-state index in [1.807, 2.05) is 22.5 Å². The highest BCUT2D eigenvalue weighted by atomic mass is 16.5. The van der Waals surface area contributed by atoms with E-state index in [1.165, 1.54) is 19.3 Å². The number of hydrogen-bond donors (Lipinski definition) is 1. The Balaban J connectivity index is 1.29. The molecule has 0 unspecified atom stereocenters. The molecule has 2 bridgehead atoms. The molecule has 5 rings (SSSR count). The number of nitrogens with one attached hydrogen (secondary N) is 1. The number of urea groups is 1. The molecule has 3 saturated heterocycles. The third-order valence-electron chi connectivity index (χ3n) is 7.79. The summed E-state index contributed by atoms with van der Waals surface area (Å²) in [7, 11) is 0. The van der Waals surface area contributed by atoms with Gasteiger partial charge in [-0.1, -0.05) is 6.07 Å². The van der Waals surface area contributed by atoms with Crippen molar-refractivity contribution in [1.82, 2.24) is 19.7 Å². The topological polar surface area (TPSA) is 66.8 Å². The zero-order valence-electron chi connectivity index (χ0n) is 18.1. The number of nitrogens with zero attached hydrogens (tertiary/aromatic N) is 3. The van der Waals surface area contributed by atoms with Crippen molar-refractivity contribution in [2.75, 3.05) is 45.9 Å². The molecule has 0 saturated carbocycles. The first-order valence-electron chi connectivity index (χ1n) is 11.6. The molecule has 0 aromatic carbocycles. The summed E-state index contributed by atoms with van der Waals surface area (Å²) in [6.45, 7) is 9.45. The molecule has 2 atom stereocenters. The molecule has 4 aliphatic heterocycles. The van der Waals surface area contributed by atoms with Gasteiger partial charge in [0.25, 0.3) is 5.56 Å². The number of aromatic nitrogens is 1. The summed E-state index contributed by atoms with van der Waals surface area (Å²) in [6.07, 6.45) is 4.63. The second-order valence-electron chi connectivity index (χ2n) is 9.82. The van der Waals surface area contributed by atoms with Crippen molar-refractivity contribution in [3.8, 4) is 0 Å². The number of amides is 2. The van der Waals surface area contributed by atoms with Gasteiger partial charge in [-0.3, -0.25) is 9.69 Å². The molecule has 7 nitrogen and oxygen atoms in total. The number of piperidine rings is 2. The predicted molar refractivity (Wildman–Crippen MR) is 115 cm³/mol. The van der Waals surface area contributed by atoms with Crippen molar-refractivity contribution in [3.05, 3.63) is 33.7 Å². The van der Waals surface area contributed by atoms with E-state index in [0.717, 1.165) is 63.6 Å². The Hall–Kier alpha value is -1.86. The number of ether oxygens (including phenoxy) is 1. The van der Waals surface area contributed by atoms with Gasteiger partial charge in [0.2, 0.25) is 0 Å². The first-order valence-corrected chi connectivity index (χ1v) is 11.6. The van der Waals surface area contributed by atoms with E-state index in [0.29, 0.717) is 24.4 Å². The van der Waals surface area contributed by atoms with Crippen LogP contribution >= 0.6 is 0 Å². The smallest absolute Gasteiger partial charge is 0.317 e. The standard InChI is InChI=1S/C23H34N4O3/c1-2-24-22(29)26-12-17-11-19(15-26)20-4-3-18(21(28)27(20)13-17)14-25-8-5-23(6-9-25)7-10-30-16-23/h3-4,17,19H,2,5-16H2,1H3,(H,24,29)/t17-,19+/m0/s1. The number of carbonyl (C=O) groups excluding carboxylic acids is 1. The van der Waals surface area contributed by atoms with Crippen LogP contribution in [0.4, 0.5) is 4.79 Å². The van der Waals surface area contributed by atoms with Crippen LogP contribution in [-0.4, -0.2) is 66.3 Å². The Morgan fingerprint density at radius 3 is 2.77 bits per heavy atom. The van der Waals surface area contributed by atoms with E-state index in [9.17, 15) is 9.59 Å². The van der Waals surface area contributed by atoms with Crippen LogP contribution in [0.2, 0.25) is 0 Å². The minimum absolute atomic E-state index is 0.0233. The number of likely N-dealkylation sites (tertiary alicyclic amines) is 2. The van der Waals surface area contributed by atoms with E-state index in [4.69, 9.17) is 4.74 Å². The SMILES string of the molecule is CCNC(=O)N1C[C@@H]2C[C@H](C1)c1ccc(CN3CCC4(CCOC4)CC3)c(=O)n1C2. The summed E-state index contributed by atoms with van der Waals surface area (Å²) in [5.41, 5.74) is 2.60. The molecule has 7 heteroatoms. The van der Waals surface area contributed by atoms with Crippen LogP contribution in [-0.2, 0) is 17.8 Å². The lowest BCUT2D eigenvalue weighted by Gasteiger charge is -2.43. The van der Waals surface area contributed by atoms with Gasteiger partial charge in [-0.05, 0) is 63.1 Å². The molecule has 1 N–H and O–H groups in total. The Morgan fingerprint density at radius 2 is 2.03 bits per heavy atom. The average Bonchev–Trinajstić information content (AvgIpc) is 3.20. The highest BCUT2D eigenvalue weighted by Crippen LogP contribution is 2.39. The Kier molecular flexibility index (Phi) is 5.35. The van der Waals surface area contributed by atoms with Crippen molar-refractivity contribution >= 4 is 6.03 Å². The van der Waals surface area contributed by atoms with Gasteiger partial charge in [-0.15, -0.1) is 0 Å². The van der Waals surface area contributed by atoms with Crippen molar-refractivity contribution in [2.24, 2.45) is 11.3 Å². The van der Waals surface area contributed by atoms with E-state index >= 15 is 0 Å². The number of hydrogen-bond acceptors (Lipinski definition) is 4. The van der Waals surface area contributed by atoms with Crippen LogP contribution < -0.4 is 10.9 Å². The van der Waals surface area contributed by atoms with E-state index < -0.39 is 0 Å².